The zero-order chi connectivity index (χ0) is 8.69. The highest BCUT2D eigenvalue weighted by Crippen LogP contribution is 1.90. The Morgan fingerprint density at radius 2 is 2.45 bits per heavy atom. The molecule has 0 aromatic heterocycles. The second-order valence-corrected chi connectivity index (χ2v) is 2.40. The summed E-state index contributed by atoms with van der Waals surface area (Å²) in [5, 5.41) is 0. The Morgan fingerprint density at radius 3 is 2.91 bits per heavy atom. The van der Waals surface area contributed by atoms with E-state index < -0.39 is 12.0 Å². The minimum Gasteiger partial charge on any atom is -0.464 e. The fourth-order valence-electron chi connectivity index (χ4n) is 0.424. The summed E-state index contributed by atoms with van der Waals surface area (Å²) in [5.74, 6) is -0.0886. The Bertz CT molecular complexity index is 138. The molecule has 0 aromatic rings. The molecular formula is C7H13NO2S. The van der Waals surface area contributed by atoms with Crippen molar-refractivity contribution in [2.75, 3.05) is 12.4 Å². The van der Waals surface area contributed by atoms with Gasteiger partial charge < -0.3 is 10.5 Å². The van der Waals surface area contributed by atoms with Gasteiger partial charge in [-0.25, -0.2) is 0 Å². The van der Waals surface area contributed by atoms with Gasteiger partial charge in [0.2, 0.25) is 0 Å². The lowest BCUT2D eigenvalue weighted by Crippen LogP contribution is -2.34. The van der Waals surface area contributed by atoms with Crippen molar-refractivity contribution in [3.05, 3.63) is 12.7 Å². The molecule has 0 saturated heterocycles. The monoisotopic (exact) mass is 175 g/mol. The normalized spacial score (nSPS) is 12.2. The lowest BCUT2D eigenvalue weighted by atomic mass is 10.4. The molecule has 2 N–H and O–H groups in total. The lowest BCUT2D eigenvalue weighted by Gasteiger charge is -2.07. The Morgan fingerprint density at radius 1 is 1.82 bits per heavy atom. The van der Waals surface area contributed by atoms with Gasteiger partial charge in [-0.15, -0.1) is 6.58 Å². The second kappa shape index (κ2) is 6.24. The molecule has 0 aliphatic heterocycles. The van der Waals surface area contributed by atoms with Crippen LogP contribution < -0.4 is 5.73 Å². The Kier molecular flexibility index (Phi) is 5.97. The van der Waals surface area contributed by atoms with E-state index in [2.05, 4.69) is 19.2 Å². The molecule has 64 valence electrons. The predicted molar refractivity (Wildman–Crippen MR) is 47.6 cm³/mol. The minimum absolute atomic E-state index is 0.312. The highest BCUT2D eigenvalue weighted by Gasteiger charge is 2.11. The van der Waals surface area contributed by atoms with Crippen molar-refractivity contribution in [1.29, 1.82) is 0 Å². The molecule has 0 unspecified atom stereocenters. The van der Waals surface area contributed by atoms with Gasteiger partial charge in [0.25, 0.3) is 0 Å². The number of nitrogens with two attached hydrogens (primary N) is 1. The Balaban J connectivity index is 3.43. The van der Waals surface area contributed by atoms with Gasteiger partial charge in [0.1, 0.15) is 6.04 Å². The van der Waals surface area contributed by atoms with Gasteiger partial charge in [-0.3, -0.25) is 4.79 Å². The first kappa shape index (κ1) is 10.5. The Labute approximate surface area is 72.0 Å². The third kappa shape index (κ3) is 4.86. The highest BCUT2D eigenvalue weighted by atomic mass is 32.1. The molecule has 0 rings (SSSR count). The fourth-order valence-corrected chi connectivity index (χ4v) is 0.573. The zero-order valence-electron chi connectivity index (χ0n) is 6.32. The fraction of sp³-hybridized carbons (Fsp3) is 0.571. The molecular weight excluding hydrogens is 162 g/mol. The summed E-state index contributed by atoms with van der Waals surface area (Å²) in [6, 6.07) is -0.608. The molecule has 0 spiro atoms. The topological polar surface area (TPSA) is 52.3 Å². The molecule has 1 atom stereocenters. The van der Waals surface area contributed by atoms with Crippen LogP contribution >= 0.6 is 12.6 Å². The van der Waals surface area contributed by atoms with E-state index in [0.717, 1.165) is 0 Å². The largest absolute Gasteiger partial charge is 0.464 e. The molecule has 0 aliphatic rings. The lowest BCUT2D eigenvalue weighted by molar-refractivity contribution is -0.144. The first-order valence-electron chi connectivity index (χ1n) is 3.36. The number of ether oxygens (including phenoxy) is 1. The molecule has 0 radical (unpaired) electrons. The molecule has 0 saturated carbocycles. The van der Waals surface area contributed by atoms with Crippen molar-refractivity contribution in [2.45, 2.75) is 12.5 Å². The summed E-state index contributed by atoms with van der Waals surface area (Å²) in [6.45, 7) is 3.84. The molecule has 0 amide bonds. The van der Waals surface area contributed by atoms with Crippen LogP contribution in [0.3, 0.4) is 0 Å². The van der Waals surface area contributed by atoms with E-state index in [-0.39, 0.29) is 0 Å². The van der Waals surface area contributed by atoms with Crippen LogP contribution in [0.1, 0.15) is 6.42 Å². The van der Waals surface area contributed by atoms with E-state index in [9.17, 15) is 4.79 Å². The van der Waals surface area contributed by atoms with Crippen molar-refractivity contribution in [3.8, 4) is 0 Å². The van der Waals surface area contributed by atoms with Crippen LogP contribution in [0.5, 0.6) is 0 Å². The summed E-state index contributed by atoms with van der Waals surface area (Å²) < 4.78 is 4.75. The average Bonchev–Trinajstić information content (AvgIpc) is 2.03. The third-order valence-corrected chi connectivity index (χ3v) is 1.46. The van der Waals surface area contributed by atoms with Crippen LogP contribution in [0, 0.1) is 0 Å². The summed E-state index contributed by atoms with van der Waals surface area (Å²) in [5.41, 5.74) is 5.32. The summed E-state index contributed by atoms with van der Waals surface area (Å²) >= 11 is 3.85. The molecule has 0 bridgehead atoms. The van der Waals surface area contributed by atoms with Crippen LogP contribution in [0.15, 0.2) is 12.7 Å². The first-order valence-corrected chi connectivity index (χ1v) is 3.99. The van der Waals surface area contributed by atoms with Crippen molar-refractivity contribution in [2.24, 2.45) is 5.73 Å². The van der Waals surface area contributed by atoms with E-state index in [1.165, 1.54) is 0 Å². The van der Waals surface area contributed by atoms with Crippen molar-refractivity contribution < 1.29 is 9.53 Å². The van der Waals surface area contributed by atoms with Gasteiger partial charge in [0.05, 0.1) is 6.61 Å². The zero-order valence-corrected chi connectivity index (χ0v) is 7.22. The van der Waals surface area contributed by atoms with E-state index in [0.29, 0.717) is 18.8 Å². The van der Waals surface area contributed by atoms with Crippen LogP contribution in [0.4, 0.5) is 0 Å². The van der Waals surface area contributed by atoms with Crippen LogP contribution in [0.2, 0.25) is 0 Å². The number of carbonyl (C=O) groups excluding carboxylic acids is 1. The van der Waals surface area contributed by atoms with Gasteiger partial charge in [-0.1, -0.05) is 6.08 Å². The molecule has 11 heavy (non-hydrogen) atoms. The molecule has 4 heteroatoms. The standard InChI is InChI=1S/C7H13NO2S/c1-2-3-4-10-7(9)6(8)5-11/h2,6,11H,1,3-5,8H2/t6-/m0/s1. The quantitative estimate of drug-likeness (QED) is 0.274. The number of rotatable bonds is 5. The van der Waals surface area contributed by atoms with Gasteiger partial charge >= 0.3 is 5.97 Å². The maximum absolute atomic E-state index is 10.8. The number of carbonyl (C=O) groups is 1. The summed E-state index contributed by atoms with van der Waals surface area (Å²) in [6.07, 6.45) is 2.34. The summed E-state index contributed by atoms with van der Waals surface area (Å²) in [7, 11) is 0. The van der Waals surface area contributed by atoms with E-state index in [1.807, 2.05) is 0 Å². The van der Waals surface area contributed by atoms with Gasteiger partial charge in [0, 0.05) is 5.75 Å². The second-order valence-electron chi connectivity index (χ2n) is 2.03. The molecule has 3 nitrogen and oxygen atoms in total. The number of thiol groups is 1. The van der Waals surface area contributed by atoms with E-state index in [4.69, 9.17) is 10.5 Å². The van der Waals surface area contributed by atoms with Gasteiger partial charge in [-0.05, 0) is 6.42 Å². The first-order chi connectivity index (χ1) is 5.22. The van der Waals surface area contributed by atoms with E-state index in [1.54, 1.807) is 6.08 Å². The molecule has 0 aliphatic carbocycles. The number of hydrogen-bond acceptors (Lipinski definition) is 4. The van der Waals surface area contributed by atoms with Crippen LogP contribution in [0.25, 0.3) is 0 Å². The number of esters is 1. The minimum atomic E-state index is -0.608. The Hall–Kier alpha value is -0.480. The van der Waals surface area contributed by atoms with Gasteiger partial charge in [-0.2, -0.15) is 12.6 Å². The summed E-state index contributed by atoms with van der Waals surface area (Å²) in [4.78, 5) is 10.8. The van der Waals surface area contributed by atoms with Crippen molar-refractivity contribution in [3.63, 3.8) is 0 Å². The molecule has 0 heterocycles. The van der Waals surface area contributed by atoms with Crippen molar-refractivity contribution in [1.82, 2.24) is 0 Å². The van der Waals surface area contributed by atoms with E-state index >= 15 is 0 Å². The molecule has 0 fully saturated rings. The van der Waals surface area contributed by atoms with Gasteiger partial charge in [0.15, 0.2) is 0 Å². The highest BCUT2D eigenvalue weighted by molar-refractivity contribution is 7.80. The average molecular weight is 175 g/mol. The maximum Gasteiger partial charge on any atom is 0.323 e. The van der Waals surface area contributed by atoms with Crippen LogP contribution in [-0.2, 0) is 9.53 Å². The smallest absolute Gasteiger partial charge is 0.323 e. The maximum atomic E-state index is 10.8. The SMILES string of the molecule is C=CCCOC(=O)[C@@H](N)CS. The third-order valence-electron chi connectivity index (χ3n) is 1.07. The molecule has 0 aromatic carbocycles. The number of hydrogen-bond donors (Lipinski definition) is 2. The van der Waals surface area contributed by atoms with Crippen molar-refractivity contribution >= 4 is 18.6 Å². The van der Waals surface area contributed by atoms with Crippen LogP contribution in [-0.4, -0.2) is 24.4 Å². The predicted octanol–water partition coefficient (Wildman–Crippen LogP) is 0.363.